The molecule has 11 heteroatoms. The molecule has 228 valence electrons. The zero-order valence-electron chi connectivity index (χ0n) is 25.0. The molecule has 8 nitrogen and oxygen atoms in total. The Labute approximate surface area is 263 Å². The smallest absolute Gasteiger partial charge is 0.248 e. The number of hydrogen-bond acceptors (Lipinski definition) is 3. The lowest BCUT2D eigenvalue weighted by atomic mass is 10.2. The fourth-order valence-corrected chi connectivity index (χ4v) is 7.84. The average molecular weight is 637 g/mol. The van der Waals surface area contributed by atoms with Gasteiger partial charge in [0.25, 0.3) is 0 Å². The molecule has 43 heavy (non-hydrogen) atoms. The van der Waals surface area contributed by atoms with Crippen molar-refractivity contribution in [2.45, 2.75) is 11.5 Å². The number of benzene rings is 2. The van der Waals surface area contributed by atoms with Gasteiger partial charge in [-0.2, -0.15) is 0 Å². The van der Waals surface area contributed by atoms with Crippen LogP contribution in [0.25, 0.3) is 18.6 Å². The predicted octanol–water partition coefficient (Wildman–Crippen LogP) is 3.19. The maximum Gasteiger partial charge on any atom is 0.248 e. The van der Waals surface area contributed by atoms with E-state index in [9.17, 15) is 9.79 Å². The van der Waals surface area contributed by atoms with Crippen molar-refractivity contribution < 1.29 is 23.5 Å². The van der Waals surface area contributed by atoms with Crippen molar-refractivity contribution in [2.24, 2.45) is 21.1 Å². The monoisotopic (exact) mass is 636 g/mol. The summed E-state index contributed by atoms with van der Waals surface area (Å²) in [4.78, 5) is 23.6. The maximum absolute atomic E-state index is 11.8. The fraction of sp³-hybridized carbons (Fsp3) is 0.156. The molecule has 0 spiro atoms. The molecule has 3 aromatic heterocycles. The summed E-state index contributed by atoms with van der Waals surface area (Å²) in [6.07, 6.45) is 22.8. The van der Waals surface area contributed by atoms with Crippen LogP contribution in [0.15, 0.2) is 137 Å². The Kier molecular flexibility index (Phi) is 15.5. The van der Waals surface area contributed by atoms with Crippen molar-refractivity contribution in [3.63, 3.8) is 0 Å². The molecular weight excluding hydrogens is 596 g/mol. The normalized spacial score (nSPS) is 10.3. The fourth-order valence-electron chi connectivity index (χ4n) is 3.47. The van der Waals surface area contributed by atoms with E-state index in [2.05, 4.69) is 19.7 Å². The van der Waals surface area contributed by atoms with Crippen molar-refractivity contribution in [1.29, 1.82) is 0 Å². The molecule has 0 bridgehead atoms. The van der Waals surface area contributed by atoms with Crippen LogP contribution in [0.2, 0.25) is 0 Å². The van der Waals surface area contributed by atoms with Crippen LogP contribution in [0.1, 0.15) is 11.1 Å². The van der Waals surface area contributed by atoms with Gasteiger partial charge >= 0.3 is 0 Å². The van der Waals surface area contributed by atoms with Crippen LogP contribution in [-0.4, -0.2) is 13.7 Å². The highest BCUT2D eigenvalue weighted by atomic mass is 32.9. The maximum atomic E-state index is 11.8. The highest BCUT2D eigenvalue weighted by molar-refractivity contribution is 8.57. The van der Waals surface area contributed by atoms with E-state index in [1.54, 1.807) is 18.6 Å². The second-order valence-electron chi connectivity index (χ2n) is 9.30. The van der Waals surface area contributed by atoms with Gasteiger partial charge in [0, 0.05) is 11.5 Å². The predicted molar refractivity (Wildman–Crippen MR) is 178 cm³/mol. The molecule has 0 atom stereocenters. The number of aryl methyl sites for hydroxylation is 3. The molecule has 3 heterocycles. The third-order valence-corrected chi connectivity index (χ3v) is 12.2. The standard InChI is InChI=1S/C14H14O2PS2.3C6H9N2/c15-17(16,18)19(11-13-7-3-1-4-8-13)12-14-9-5-2-6-10-14;3*1-3-8-5-4-7(2)6-8/h1-10H,11-12H2;3*3-6H,1H2,2H3/q-3;3*+1. The molecule has 0 aliphatic carbocycles. The van der Waals surface area contributed by atoms with Crippen molar-refractivity contribution in [2.75, 3.05) is 0 Å². The molecule has 2 aromatic carbocycles. The summed E-state index contributed by atoms with van der Waals surface area (Å²) in [7, 11) is 5.09. The van der Waals surface area contributed by atoms with Gasteiger partial charge in [0.2, 0.25) is 19.0 Å². The molecule has 0 amide bonds. The van der Waals surface area contributed by atoms with Gasteiger partial charge in [0.1, 0.15) is 37.2 Å². The van der Waals surface area contributed by atoms with E-state index in [4.69, 9.17) is 12.2 Å². The van der Waals surface area contributed by atoms with Gasteiger partial charge in [-0.05, 0) is 11.1 Å². The van der Waals surface area contributed by atoms with E-state index >= 15 is 0 Å². The van der Waals surface area contributed by atoms with Gasteiger partial charge in [-0.1, -0.05) is 80.4 Å². The summed E-state index contributed by atoms with van der Waals surface area (Å²) in [6, 6.07) is 19.3. The highest BCUT2D eigenvalue weighted by Gasteiger charge is 1.99. The van der Waals surface area contributed by atoms with Crippen molar-refractivity contribution in [3.8, 4) is 0 Å². The van der Waals surface area contributed by atoms with E-state index < -0.39 is 15.8 Å². The van der Waals surface area contributed by atoms with Crippen molar-refractivity contribution in [1.82, 2.24) is 13.7 Å². The Balaban J connectivity index is 0.000000223. The summed E-state index contributed by atoms with van der Waals surface area (Å²) in [5, 5.41) is 0. The molecule has 5 aromatic rings. The van der Waals surface area contributed by atoms with E-state index in [1.807, 2.05) is 165 Å². The quantitative estimate of drug-likeness (QED) is 0.157. The average Bonchev–Trinajstić information content (AvgIpc) is 3.75. The van der Waals surface area contributed by atoms with Gasteiger partial charge in [-0.3, -0.25) is 0 Å². The molecule has 0 unspecified atom stereocenters. The second kappa shape index (κ2) is 18.8. The van der Waals surface area contributed by atoms with Crippen molar-refractivity contribution >= 4 is 46.6 Å². The first-order valence-corrected chi connectivity index (χ1v) is 18.1. The Bertz CT molecular complexity index is 1450. The summed E-state index contributed by atoms with van der Waals surface area (Å²) in [5.41, 5.74) is -1.71. The van der Waals surface area contributed by atoms with Crippen LogP contribution < -0.4 is 23.5 Å². The SMILES string of the molecule is C=Cn1cc[n+](C)c1.C=Cn1cc[n+](C)c1.C=Cn1cc[n+](C)c1.[O-]P([O-])([S-])=S(Cc1ccccc1)Cc1ccccc1. The molecule has 0 N–H and O–H groups in total. The third kappa shape index (κ3) is 14.4. The Morgan fingerprint density at radius 3 is 1.14 bits per heavy atom. The topological polar surface area (TPSA) is 72.5 Å². The Hall–Kier alpha value is -3.66. The minimum absolute atomic E-state index is 0.500. The summed E-state index contributed by atoms with van der Waals surface area (Å²) >= 11 is 4.72. The molecule has 0 saturated heterocycles. The second-order valence-corrected chi connectivity index (χ2v) is 16.8. The molecule has 0 fully saturated rings. The first kappa shape index (κ1) is 35.5. The van der Waals surface area contributed by atoms with Gasteiger partial charge in [-0.25, -0.2) is 37.5 Å². The molecule has 0 aliphatic rings. The van der Waals surface area contributed by atoms with E-state index in [-0.39, 0.29) is 0 Å². The summed E-state index contributed by atoms with van der Waals surface area (Å²) in [5.74, 6) is 1.00. The lowest BCUT2D eigenvalue weighted by molar-refractivity contribution is -0.670. The van der Waals surface area contributed by atoms with Crippen LogP contribution >= 0.6 is 5.69 Å². The molecule has 0 radical (unpaired) electrons. The minimum atomic E-state index is -3.75. The zero-order valence-corrected chi connectivity index (χ0v) is 27.5. The number of nitrogens with zero attached hydrogens (tertiary/aromatic N) is 6. The molecule has 0 aliphatic heterocycles. The molecular formula is C32H41N6O2PS2. The number of aromatic nitrogens is 6. The Morgan fingerprint density at radius 1 is 0.651 bits per heavy atom. The first-order valence-electron chi connectivity index (χ1n) is 13.3. The number of hydrogen-bond donors (Lipinski definition) is 0. The van der Waals surface area contributed by atoms with Crippen LogP contribution in [0.3, 0.4) is 0 Å². The molecule has 5 rings (SSSR count). The highest BCUT2D eigenvalue weighted by Crippen LogP contribution is 2.32. The Morgan fingerprint density at radius 2 is 0.953 bits per heavy atom. The zero-order chi connectivity index (χ0) is 31.7. The van der Waals surface area contributed by atoms with Crippen LogP contribution in [0, 0.1) is 0 Å². The van der Waals surface area contributed by atoms with E-state index in [0.717, 1.165) is 11.1 Å². The number of imidazole rings is 3. The van der Waals surface area contributed by atoms with Crippen LogP contribution in [0.5, 0.6) is 0 Å². The largest absolute Gasteiger partial charge is 0.854 e. The van der Waals surface area contributed by atoms with Gasteiger partial charge < -0.3 is 27.7 Å². The summed E-state index contributed by atoms with van der Waals surface area (Å²) < 4.78 is 11.5. The van der Waals surface area contributed by atoms with Crippen molar-refractivity contribution in [3.05, 3.63) is 148 Å². The lowest BCUT2D eigenvalue weighted by Crippen LogP contribution is -2.23. The van der Waals surface area contributed by atoms with Crippen LogP contribution in [0.4, 0.5) is 0 Å². The van der Waals surface area contributed by atoms with Gasteiger partial charge in [0.15, 0.2) is 0 Å². The first-order chi connectivity index (χ1) is 20.5. The van der Waals surface area contributed by atoms with Crippen LogP contribution in [-0.2, 0) is 55.0 Å². The van der Waals surface area contributed by atoms with E-state index in [1.165, 1.54) is 0 Å². The lowest BCUT2D eigenvalue weighted by Gasteiger charge is -2.54. The molecule has 0 saturated carbocycles. The van der Waals surface area contributed by atoms with E-state index in [0.29, 0.717) is 11.5 Å². The van der Waals surface area contributed by atoms with Gasteiger partial charge in [0.05, 0.1) is 39.7 Å². The minimum Gasteiger partial charge on any atom is -0.854 e. The summed E-state index contributed by atoms with van der Waals surface area (Å²) in [6.45, 7) is 10.8. The van der Waals surface area contributed by atoms with Gasteiger partial charge in [-0.15, -0.1) is 0 Å². The third-order valence-electron chi connectivity index (χ3n) is 5.67. The number of rotatable bonds is 7.